The van der Waals surface area contributed by atoms with Crippen molar-refractivity contribution in [1.29, 1.82) is 0 Å². The van der Waals surface area contributed by atoms with Crippen LogP contribution in [0.15, 0.2) is 12.2 Å². The van der Waals surface area contributed by atoms with Crippen LogP contribution in [0.4, 0.5) is 0 Å². The molecule has 0 rings (SSSR count). The summed E-state index contributed by atoms with van der Waals surface area (Å²) < 4.78 is 5.20. The average molecular weight is 240 g/mol. The molecule has 0 aliphatic heterocycles. The van der Waals surface area contributed by atoms with E-state index >= 15 is 0 Å². The molecule has 0 aromatic rings. The molecule has 0 aliphatic rings. The van der Waals surface area contributed by atoms with E-state index in [1.807, 2.05) is 0 Å². The number of esters is 1. The summed E-state index contributed by atoms with van der Waals surface area (Å²) in [6.07, 6.45) is 8.76. The maximum absolute atomic E-state index is 11.3. The van der Waals surface area contributed by atoms with Gasteiger partial charge < -0.3 is 4.74 Å². The maximum atomic E-state index is 11.3. The third-order valence-electron chi connectivity index (χ3n) is 3.09. The predicted molar refractivity (Wildman–Crippen MR) is 72.9 cm³/mol. The van der Waals surface area contributed by atoms with E-state index in [0.29, 0.717) is 18.1 Å². The van der Waals surface area contributed by atoms with Crippen LogP contribution in [0.3, 0.4) is 0 Å². The zero-order valence-corrected chi connectivity index (χ0v) is 11.8. The predicted octanol–water partition coefficient (Wildman–Crippen LogP) is 4.49. The van der Waals surface area contributed by atoms with Crippen molar-refractivity contribution in [2.24, 2.45) is 5.92 Å². The standard InChI is InChI=1S/C15H28O2/c1-5-7-8-9-10-11-14(6-2)12-17-15(16)13(3)4/h14H,3,5-12H2,1-2,4H3. The van der Waals surface area contributed by atoms with Crippen LogP contribution < -0.4 is 0 Å². The van der Waals surface area contributed by atoms with Gasteiger partial charge in [-0.1, -0.05) is 59.0 Å². The molecule has 2 heteroatoms. The highest BCUT2D eigenvalue weighted by Crippen LogP contribution is 2.15. The highest BCUT2D eigenvalue weighted by Gasteiger charge is 2.10. The van der Waals surface area contributed by atoms with E-state index < -0.39 is 0 Å². The largest absolute Gasteiger partial charge is 0.462 e. The molecule has 1 atom stereocenters. The van der Waals surface area contributed by atoms with Gasteiger partial charge in [0.1, 0.15) is 0 Å². The summed E-state index contributed by atoms with van der Waals surface area (Å²) in [5, 5.41) is 0. The number of carbonyl (C=O) groups excluding carboxylic acids is 1. The number of unbranched alkanes of at least 4 members (excludes halogenated alkanes) is 4. The fourth-order valence-electron chi connectivity index (χ4n) is 1.76. The van der Waals surface area contributed by atoms with Crippen LogP contribution in [0.25, 0.3) is 0 Å². The van der Waals surface area contributed by atoms with Crippen molar-refractivity contribution in [3.05, 3.63) is 12.2 Å². The molecule has 17 heavy (non-hydrogen) atoms. The minimum atomic E-state index is -0.255. The number of hydrogen-bond donors (Lipinski definition) is 0. The van der Waals surface area contributed by atoms with Crippen LogP contribution in [0, 0.1) is 5.92 Å². The van der Waals surface area contributed by atoms with Crippen molar-refractivity contribution in [3.8, 4) is 0 Å². The second-order valence-electron chi connectivity index (χ2n) is 4.86. The van der Waals surface area contributed by atoms with Crippen LogP contribution in [-0.4, -0.2) is 12.6 Å². The third kappa shape index (κ3) is 8.96. The second kappa shape index (κ2) is 10.4. The lowest BCUT2D eigenvalue weighted by Crippen LogP contribution is -2.14. The van der Waals surface area contributed by atoms with Crippen molar-refractivity contribution >= 4 is 5.97 Å². The summed E-state index contributed by atoms with van der Waals surface area (Å²) in [6.45, 7) is 10.2. The van der Waals surface area contributed by atoms with Gasteiger partial charge in [-0.2, -0.15) is 0 Å². The van der Waals surface area contributed by atoms with Crippen LogP contribution in [0.1, 0.15) is 65.7 Å². The topological polar surface area (TPSA) is 26.3 Å². The van der Waals surface area contributed by atoms with E-state index in [0.717, 1.165) is 6.42 Å². The fraction of sp³-hybridized carbons (Fsp3) is 0.800. The van der Waals surface area contributed by atoms with Gasteiger partial charge in [-0.3, -0.25) is 0 Å². The average Bonchev–Trinajstić information content (AvgIpc) is 2.32. The van der Waals surface area contributed by atoms with E-state index in [2.05, 4.69) is 20.4 Å². The molecule has 0 aromatic heterocycles. The molecule has 0 spiro atoms. The van der Waals surface area contributed by atoms with E-state index in [9.17, 15) is 4.79 Å². The molecule has 1 unspecified atom stereocenters. The number of ether oxygens (including phenoxy) is 1. The van der Waals surface area contributed by atoms with E-state index in [1.165, 1.54) is 38.5 Å². The van der Waals surface area contributed by atoms with Crippen molar-refractivity contribution in [2.75, 3.05) is 6.61 Å². The molecule has 0 saturated heterocycles. The summed E-state index contributed by atoms with van der Waals surface area (Å²) in [5.41, 5.74) is 0.489. The Morgan fingerprint density at radius 1 is 1.18 bits per heavy atom. The van der Waals surface area contributed by atoms with Crippen molar-refractivity contribution in [1.82, 2.24) is 0 Å². The van der Waals surface area contributed by atoms with Crippen LogP contribution in [0.5, 0.6) is 0 Å². The van der Waals surface area contributed by atoms with Crippen LogP contribution in [0.2, 0.25) is 0 Å². The lowest BCUT2D eigenvalue weighted by Gasteiger charge is -2.14. The third-order valence-corrected chi connectivity index (χ3v) is 3.09. The molecule has 100 valence electrons. The van der Waals surface area contributed by atoms with Gasteiger partial charge >= 0.3 is 5.97 Å². The highest BCUT2D eigenvalue weighted by molar-refractivity contribution is 5.86. The lowest BCUT2D eigenvalue weighted by molar-refractivity contribution is -0.140. The molecule has 0 fully saturated rings. The van der Waals surface area contributed by atoms with Gasteiger partial charge in [-0.15, -0.1) is 0 Å². The number of rotatable bonds is 10. The van der Waals surface area contributed by atoms with Gasteiger partial charge in [0.2, 0.25) is 0 Å². The monoisotopic (exact) mass is 240 g/mol. The van der Waals surface area contributed by atoms with E-state index in [4.69, 9.17) is 4.74 Å². The van der Waals surface area contributed by atoms with Gasteiger partial charge in [0.05, 0.1) is 6.61 Å². The molecular formula is C15H28O2. The summed E-state index contributed by atoms with van der Waals surface area (Å²) in [5.74, 6) is 0.259. The number of carbonyl (C=O) groups is 1. The zero-order valence-electron chi connectivity index (χ0n) is 11.8. The minimum Gasteiger partial charge on any atom is -0.462 e. The zero-order chi connectivity index (χ0) is 13.1. The second-order valence-corrected chi connectivity index (χ2v) is 4.86. The SMILES string of the molecule is C=C(C)C(=O)OCC(CC)CCCCCCC. The molecule has 0 N–H and O–H groups in total. The Morgan fingerprint density at radius 2 is 1.82 bits per heavy atom. The Labute approximate surface area is 106 Å². The summed E-state index contributed by atoms with van der Waals surface area (Å²) in [4.78, 5) is 11.3. The first-order chi connectivity index (χ1) is 8.11. The van der Waals surface area contributed by atoms with Gasteiger partial charge in [0.15, 0.2) is 0 Å². The van der Waals surface area contributed by atoms with Crippen molar-refractivity contribution < 1.29 is 9.53 Å². The van der Waals surface area contributed by atoms with Crippen molar-refractivity contribution in [3.63, 3.8) is 0 Å². The van der Waals surface area contributed by atoms with Gasteiger partial charge in [-0.05, 0) is 19.3 Å². The summed E-state index contributed by atoms with van der Waals surface area (Å²) >= 11 is 0. The molecule has 0 heterocycles. The fourth-order valence-corrected chi connectivity index (χ4v) is 1.76. The smallest absolute Gasteiger partial charge is 0.333 e. The molecule has 0 saturated carbocycles. The summed E-state index contributed by atoms with van der Waals surface area (Å²) in [6, 6.07) is 0. The highest BCUT2D eigenvalue weighted by atomic mass is 16.5. The van der Waals surface area contributed by atoms with E-state index in [-0.39, 0.29) is 5.97 Å². The Bertz CT molecular complexity index is 221. The Balaban J connectivity index is 3.62. The molecule has 0 radical (unpaired) electrons. The van der Waals surface area contributed by atoms with Crippen LogP contribution in [-0.2, 0) is 9.53 Å². The Hall–Kier alpha value is -0.790. The Kier molecular flexibility index (Phi) is 9.89. The first-order valence-corrected chi connectivity index (χ1v) is 6.94. The molecule has 2 nitrogen and oxygen atoms in total. The Morgan fingerprint density at radius 3 is 2.35 bits per heavy atom. The normalized spacial score (nSPS) is 12.2. The lowest BCUT2D eigenvalue weighted by atomic mass is 9.99. The van der Waals surface area contributed by atoms with E-state index in [1.54, 1.807) is 6.92 Å². The minimum absolute atomic E-state index is 0.255. The summed E-state index contributed by atoms with van der Waals surface area (Å²) in [7, 11) is 0. The van der Waals surface area contributed by atoms with Gasteiger partial charge in [-0.25, -0.2) is 4.79 Å². The van der Waals surface area contributed by atoms with Crippen LogP contribution >= 0.6 is 0 Å². The van der Waals surface area contributed by atoms with Gasteiger partial charge in [0, 0.05) is 5.57 Å². The molecule has 0 aromatic carbocycles. The molecule has 0 amide bonds. The number of hydrogen-bond acceptors (Lipinski definition) is 2. The first-order valence-electron chi connectivity index (χ1n) is 6.94. The molecule has 0 bridgehead atoms. The molecule has 0 aliphatic carbocycles. The van der Waals surface area contributed by atoms with Crippen molar-refractivity contribution in [2.45, 2.75) is 65.7 Å². The first kappa shape index (κ1) is 16.2. The quantitative estimate of drug-likeness (QED) is 0.319. The van der Waals surface area contributed by atoms with Gasteiger partial charge in [0.25, 0.3) is 0 Å². The molecular weight excluding hydrogens is 212 g/mol. The maximum Gasteiger partial charge on any atom is 0.333 e.